The Kier molecular flexibility index (Phi) is 37.6. The van der Waals surface area contributed by atoms with Crippen LogP contribution in [-0.2, 0) is 57.0 Å². The van der Waals surface area contributed by atoms with Gasteiger partial charge in [-0.2, -0.15) is 0 Å². The van der Waals surface area contributed by atoms with Crippen LogP contribution in [0.2, 0.25) is 0 Å². The predicted octanol–water partition coefficient (Wildman–Crippen LogP) is 10.1. The predicted molar refractivity (Wildman–Crippen MR) is 377 cm³/mol. The SMILES string of the molecule is CO[C@H]1C[C@H](CC[C@H](C)[C@H](O)[C@H](C)C2OC(=O)/C=C/C(C)=C/C[C@H](O)C[C@@H]3C=CCC(C[C@H](OC)[C@@H](C)[C@@H](O)C[C@@H](O)[C@H](C)C([C@@H](C)[C@@H](O)[C@@H](C)CC[C@H]4C[C@H](OC)C[C@H](C)O4)OC(=O)/C=C/C(C)=C/C[C@H](O)C[C@@H]4C=CCC(C[C@H](OC)[C@@H](C)[C@@H](O)C[C@@H](O)[C@@H]2C)O4)O3)O[C@@H](C)C1. The first kappa shape index (κ1) is 85.4. The van der Waals surface area contributed by atoms with Crippen molar-refractivity contribution < 1.29 is 97.8 Å². The number of methoxy groups -OCH3 is 4. The van der Waals surface area contributed by atoms with Crippen molar-refractivity contribution in [2.24, 2.45) is 47.3 Å². The number of aliphatic hydroxyl groups excluding tert-OH is 8. The van der Waals surface area contributed by atoms with E-state index < -0.39 is 133 Å². The fourth-order valence-electron chi connectivity index (χ4n) is 15.3. The fraction of sp³-hybridized carbons (Fsp3) is 0.821. The molecule has 0 radical (unpaired) electrons. The highest BCUT2D eigenvalue weighted by atomic mass is 16.6. The zero-order valence-corrected chi connectivity index (χ0v) is 62.3. The molecule has 0 aromatic heterocycles. The lowest BCUT2D eigenvalue weighted by molar-refractivity contribution is -0.158. The minimum atomic E-state index is -1.16. The molecular weight excluding hydrogens is 1260 g/mol. The molecule has 98 heavy (non-hydrogen) atoms. The highest BCUT2D eigenvalue weighted by molar-refractivity contribution is 5.83. The van der Waals surface area contributed by atoms with Gasteiger partial charge in [0.15, 0.2) is 0 Å². The molecule has 564 valence electrons. The van der Waals surface area contributed by atoms with Crippen LogP contribution in [0.25, 0.3) is 0 Å². The zero-order chi connectivity index (χ0) is 72.5. The molecule has 2 saturated heterocycles. The van der Waals surface area contributed by atoms with E-state index in [1.165, 1.54) is 12.2 Å². The molecule has 0 aliphatic carbocycles. The van der Waals surface area contributed by atoms with Crippen LogP contribution in [-0.4, -0.2) is 216 Å². The lowest BCUT2D eigenvalue weighted by atomic mass is 9.78. The summed E-state index contributed by atoms with van der Waals surface area (Å²) in [6, 6.07) is 0. The van der Waals surface area contributed by atoms with Crippen LogP contribution < -0.4 is 0 Å². The quantitative estimate of drug-likeness (QED) is 0.0527. The molecule has 4 bridgehead atoms. The fourth-order valence-corrected chi connectivity index (χ4v) is 15.3. The zero-order valence-electron chi connectivity index (χ0n) is 62.3. The molecule has 8 N–H and O–H groups in total. The van der Waals surface area contributed by atoms with Crippen molar-refractivity contribution in [3.05, 3.63) is 71.9 Å². The van der Waals surface area contributed by atoms with Crippen LogP contribution in [0.15, 0.2) is 71.9 Å². The monoisotopic (exact) mass is 1390 g/mol. The average Bonchev–Trinajstić information content (AvgIpc) is 0.853. The van der Waals surface area contributed by atoms with Gasteiger partial charge in [-0.15, -0.1) is 0 Å². The van der Waals surface area contributed by atoms with Gasteiger partial charge in [-0.25, -0.2) is 9.59 Å². The number of aliphatic hydroxyl groups is 8. The van der Waals surface area contributed by atoms with E-state index in [1.54, 1.807) is 54.4 Å². The van der Waals surface area contributed by atoms with E-state index in [4.69, 9.17) is 47.4 Å². The maximum Gasteiger partial charge on any atom is 0.331 e. The summed E-state index contributed by atoms with van der Waals surface area (Å²) in [5.41, 5.74) is 1.39. The second-order valence-corrected chi connectivity index (χ2v) is 30.3. The topological polar surface area (TPSA) is 288 Å². The van der Waals surface area contributed by atoms with Crippen molar-refractivity contribution in [2.75, 3.05) is 28.4 Å². The largest absolute Gasteiger partial charge is 0.458 e. The van der Waals surface area contributed by atoms with E-state index in [0.717, 1.165) is 25.7 Å². The van der Waals surface area contributed by atoms with Gasteiger partial charge in [-0.3, -0.25) is 0 Å². The Labute approximate surface area is 587 Å². The first-order valence-corrected chi connectivity index (χ1v) is 37.1. The van der Waals surface area contributed by atoms with Crippen molar-refractivity contribution >= 4 is 11.9 Å². The van der Waals surface area contributed by atoms with Crippen LogP contribution in [0.4, 0.5) is 0 Å². The van der Waals surface area contributed by atoms with Crippen LogP contribution in [0.3, 0.4) is 0 Å². The number of allylic oxidation sites excluding steroid dienone is 4. The number of carbonyl (C=O) groups is 2. The third-order valence-corrected chi connectivity index (χ3v) is 22.3. The molecule has 20 heteroatoms. The number of esters is 2. The van der Waals surface area contributed by atoms with E-state index in [-0.39, 0.29) is 99.2 Å². The molecule has 0 aromatic carbocycles. The Hall–Kier alpha value is -3.26. The maximum absolute atomic E-state index is 13.9. The molecule has 0 amide bonds. The molecular formula is C78H132O20. The standard InChI is InChI=1S/C78H132O20/c1-45-23-29-57(79)37-59-19-17-21-61(95-59)41-71(91-15)52(8)68(82)44-70(84)54(10)78(56(12)76(88)48(4)28-32-64-40-66(90-14)36-50(6)94-64)98-74(86)34-26-46(2)24-30-58(80)38-60-20-18-22-62(96-60)42-72(92-16)51(7)67(81)43-69(83)53(9)77(97-73(85)33-25-45)55(11)75(87)47(3)27-31-63-39-65(89-13)35-49(5)93-63/h17-20,23-26,33-34,47-72,75-84,87-88H,21-22,27-32,35-44H2,1-16H3/b33-25+,34-26+,45-23+,46-24+/t47-,48-,49-,50-,51-,52-,53-,54-,55-,56-,57-,58-,59-,60-,61?,62?,63-,64-,65+,66+,67-,68-,69+,70+,71-,72-,75-,76-,77?,78?/m0/s1. The van der Waals surface area contributed by atoms with Gasteiger partial charge in [-0.1, -0.05) is 115 Å². The van der Waals surface area contributed by atoms with Gasteiger partial charge in [0.05, 0.1) is 122 Å². The van der Waals surface area contributed by atoms with Gasteiger partial charge in [0.1, 0.15) is 12.2 Å². The number of hydrogen-bond acceptors (Lipinski definition) is 20. The summed E-state index contributed by atoms with van der Waals surface area (Å²) < 4.78 is 61.3. The van der Waals surface area contributed by atoms with Crippen LogP contribution in [0.1, 0.15) is 199 Å². The van der Waals surface area contributed by atoms with Crippen molar-refractivity contribution in [3.63, 3.8) is 0 Å². The molecule has 30 atom stereocenters. The first-order chi connectivity index (χ1) is 46.4. The Balaban J connectivity index is 1.36. The second kappa shape index (κ2) is 43.1. The molecule has 5 rings (SSSR count). The molecule has 0 saturated carbocycles. The number of ether oxygens (including phenoxy) is 10. The van der Waals surface area contributed by atoms with Gasteiger partial charge in [0, 0.05) is 102 Å². The Morgan fingerprint density at radius 3 is 1.15 bits per heavy atom. The van der Waals surface area contributed by atoms with Gasteiger partial charge in [-0.05, 0) is 129 Å². The number of hydrogen-bond donors (Lipinski definition) is 8. The number of cyclic esters (lactones) is 2. The van der Waals surface area contributed by atoms with E-state index in [1.807, 2.05) is 106 Å². The minimum absolute atomic E-state index is 0.0293. The molecule has 0 spiro atoms. The highest BCUT2D eigenvalue weighted by Gasteiger charge is 2.42. The molecule has 5 heterocycles. The number of rotatable bonds is 16. The summed E-state index contributed by atoms with van der Waals surface area (Å²) in [7, 11) is 6.58. The van der Waals surface area contributed by atoms with E-state index in [0.29, 0.717) is 62.5 Å². The summed E-state index contributed by atoms with van der Waals surface area (Å²) >= 11 is 0. The van der Waals surface area contributed by atoms with Crippen molar-refractivity contribution in [2.45, 2.75) is 333 Å². The molecule has 0 aromatic rings. The van der Waals surface area contributed by atoms with E-state index >= 15 is 0 Å². The minimum Gasteiger partial charge on any atom is -0.458 e. The van der Waals surface area contributed by atoms with Gasteiger partial charge in [0.2, 0.25) is 0 Å². The number of carbonyl (C=O) groups excluding carboxylic acids is 2. The molecule has 5 aliphatic rings. The van der Waals surface area contributed by atoms with Crippen molar-refractivity contribution in [3.8, 4) is 0 Å². The second-order valence-electron chi connectivity index (χ2n) is 30.3. The normalized spacial score (nSPS) is 41.1. The van der Waals surface area contributed by atoms with Crippen molar-refractivity contribution in [1.82, 2.24) is 0 Å². The average molecular weight is 1390 g/mol. The van der Waals surface area contributed by atoms with Crippen molar-refractivity contribution in [1.29, 1.82) is 0 Å². The van der Waals surface area contributed by atoms with Gasteiger partial charge in [0.25, 0.3) is 0 Å². The maximum atomic E-state index is 13.9. The third-order valence-electron chi connectivity index (χ3n) is 22.3. The Morgan fingerprint density at radius 1 is 0.449 bits per heavy atom. The summed E-state index contributed by atoms with van der Waals surface area (Å²) in [5, 5.41) is 94.4. The smallest absolute Gasteiger partial charge is 0.331 e. The lowest BCUT2D eigenvalue weighted by Gasteiger charge is -2.38. The summed E-state index contributed by atoms with van der Waals surface area (Å²) in [4.78, 5) is 27.8. The molecule has 20 nitrogen and oxygen atoms in total. The summed E-state index contributed by atoms with van der Waals surface area (Å²) in [5.74, 6) is -5.50. The summed E-state index contributed by atoms with van der Waals surface area (Å²) in [6.07, 6.45) is 14.1. The Bertz CT molecular complexity index is 2320. The third kappa shape index (κ3) is 28.1. The van der Waals surface area contributed by atoms with Crippen LogP contribution in [0, 0.1) is 47.3 Å². The molecule has 5 aliphatic heterocycles. The highest BCUT2D eigenvalue weighted by Crippen LogP contribution is 2.37. The lowest BCUT2D eigenvalue weighted by Crippen LogP contribution is -2.45. The van der Waals surface area contributed by atoms with E-state index in [2.05, 4.69) is 0 Å². The Morgan fingerprint density at radius 2 is 0.806 bits per heavy atom. The van der Waals surface area contributed by atoms with E-state index in [9.17, 15) is 50.4 Å². The molecule has 4 unspecified atom stereocenters. The van der Waals surface area contributed by atoms with Crippen LogP contribution in [0.5, 0.6) is 0 Å². The number of fused-ring (bicyclic) bond motifs is 4. The van der Waals surface area contributed by atoms with Crippen LogP contribution >= 0.6 is 0 Å². The molecule has 2 fully saturated rings. The van der Waals surface area contributed by atoms with Gasteiger partial charge < -0.3 is 88.2 Å². The summed E-state index contributed by atoms with van der Waals surface area (Å²) in [6.45, 7) is 22.5. The van der Waals surface area contributed by atoms with Gasteiger partial charge >= 0.3 is 11.9 Å². The first-order valence-electron chi connectivity index (χ1n) is 37.1.